The summed E-state index contributed by atoms with van der Waals surface area (Å²) in [6.07, 6.45) is 2.66. The van der Waals surface area contributed by atoms with Gasteiger partial charge >= 0.3 is 5.97 Å². The summed E-state index contributed by atoms with van der Waals surface area (Å²) < 4.78 is 0. The van der Waals surface area contributed by atoms with E-state index in [0.717, 1.165) is 0 Å². The van der Waals surface area contributed by atoms with Gasteiger partial charge in [-0.2, -0.15) is 0 Å². The molecule has 26 heavy (non-hydrogen) atoms. The zero-order valence-corrected chi connectivity index (χ0v) is 15.1. The number of carbonyl (C=O) groups is 4. The molecule has 1 heterocycles. The van der Waals surface area contributed by atoms with E-state index in [1.807, 2.05) is 0 Å². The number of likely N-dealkylation sites (tertiary alicyclic amines) is 1. The zero-order chi connectivity index (χ0) is 19.7. The minimum absolute atomic E-state index is 0.302. The molecule has 10 heteroatoms. The lowest BCUT2D eigenvalue weighted by Crippen LogP contribution is -2.53. The average Bonchev–Trinajstić information content (AvgIpc) is 3.08. The number of hydrogen-bond acceptors (Lipinski definition) is 6. The van der Waals surface area contributed by atoms with Crippen molar-refractivity contribution in [2.75, 3.05) is 19.6 Å². The molecule has 3 amide bonds. The highest BCUT2D eigenvalue weighted by Crippen LogP contribution is 2.19. The number of nitrogens with zero attached hydrogens (tertiary/aromatic N) is 1. The van der Waals surface area contributed by atoms with E-state index in [9.17, 15) is 24.3 Å². The van der Waals surface area contributed by atoms with Crippen molar-refractivity contribution >= 4 is 23.7 Å². The molecule has 3 atom stereocenters. The Kier molecular flexibility index (Phi) is 9.00. The van der Waals surface area contributed by atoms with Crippen LogP contribution in [0.4, 0.5) is 0 Å². The van der Waals surface area contributed by atoms with Gasteiger partial charge in [0.2, 0.25) is 17.7 Å². The lowest BCUT2D eigenvalue weighted by Gasteiger charge is -2.27. The Morgan fingerprint density at radius 3 is 2.54 bits per heavy atom. The van der Waals surface area contributed by atoms with Crippen molar-refractivity contribution < 1.29 is 24.3 Å². The fourth-order valence-corrected chi connectivity index (χ4v) is 2.81. The van der Waals surface area contributed by atoms with Crippen molar-refractivity contribution in [3.05, 3.63) is 0 Å². The van der Waals surface area contributed by atoms with Crippen molar-refractivity contribution in [2.24, 2.45) is 11.5 Å². The van der Waals surface area contributed by atoms with E-state index < -0.39 is 41.8 Å². The van der Waals surface area contributed by atoms with Crippen LogP contribution in [0, 0.1) is 0 Å². The van der Waals surface area contributed by atoms with Gasteiger partial charge in [-0.25, -0.2) is 4.79 Å². The topological polar surface area (TPSA) is 168 Å². The molecule has 7 N–H and O–H groups in total. The van der Waals surface area contributed by atoms with E-state index >= 15 is 0 Å². The zero-order valence-electron chi connectivity index (χ0n) is 15.1. The van der Waals surface area contributed by atoms with E-state index in [4.69, 9.17) is 11.5 Å². The van der Waals surface area contributed by atoms with Gasteiger partial charge in [-0.1, -0.05) is 0 Å². The lowest BCUT2D eigenvalue weighted by molar-refractivity contribution is -0.149. The van der Waals surface area contributed by atoms with Gasteiger partial charge in [0.1, 0.15) is 12.1 Å². The largest absolute Gasteiger partial charge is 0.480 e. The first-order chi connectivity index (χ1) is 12.3. The average molecular weight is 371 g/mol. The monoisotopic (exact) mass is 371 g/mol. The van der Waals surface area contributed by atoms with Crippen LogP contribution in [-0.2, 0) is 19.2 Å². The van der Waals surface area contributed by atoms with Gasteiger partial charge in [0, 0.05) is 6.54 Å². The molecule has 0 aromatic carbocycles. The first-order valence-electron chi connectivity index (χ1n) is 8.84. The van der Waals surface area contributed by atoms with Gasteiger partial charge in [-0.15, -0.1) is 0 Å². The predicted molar refractivity (Wildman–Crippen MR) is 93.9 cm³/mol. The molecule has 0 aromatic rings. The molecule has 0 aromatic heterocycles. The molecular weight excluding hydrogens is 342 g/mol. The summed E-state index contributed by atoms with van der Waals surface area (Å²) in [5.41, 5.74) is 10.9. The molecule has 0 aliphatic carbocycles. The summed E-state index contributed by atoms with van der Waals surface area (Å²) in [5, 5.41) is 14.2. The van der Waals surface area contributed by atoms with Crippen LogP contribution in [0.5, 0.6) is 0 Å². The number of nitrogens with two attached hydrogens (primary N) is 2. The van der Waals surface area contributed by atoms with Crippen molar-refractivity contribution in [1.29, 1.82) is 0 Å². The van der Waals surface area contributed by atoms with Crippen LogP contribution in [0.3, 0.4) is 0 Å². The second-order valence-corrected chi connectivity index (χ2v) is 6.44. The van der Waals surface area contributed by atoms with Gasteiger partial charge in [0.05, 0.1) is 12.6 Å². The number of rotatable bonds is 10. The minimum Gasteiger partial charge on any atom is -0.480 e. The van der Waals surface area contributed by atoms with E-state index in [-0.39, 0.29) is 6.54 Å². The Labute approximate surface area is 152 Å². The first kappa shape index (κ1) is 21.8. The molecule has 0 bridgehead atoms. The van der Waals surface area contributed by atoms with Gasteiger partial charge in [0.25, 0.3) is 0 Å². The van der Waals surface area contributed by atoms with Crippen LogP contribution in [0.1, 0.15) is 39.0 Å². The molecule has 0 spiro atoms. The highest BCUT2D eigenvalue weighted by Gasteiger charge is 2.37. The second kappa shape index (κ2) is 10.7. The van der Waals surface area contributed by atoms with Crippen LogP contribution in [0.25, 0.3) is 0 Å². The Balaban J connectivity index is 2.71. The normalized spacial score (nSPS) is 18.9. The fourth-order valence-electron chi connectivity index (χ4n) is 2.81. The molecule has 1 saturated heterocycles. The number of unbranched alkanes of at least 4 members (excludes halogenated alkanes) is 1. The van der Waals surface area contributed by atoms with Crippen LogP contribution in [-0.4, -0.2) is 71.5 Å². The highest BCUT2D eigenvalue weighted by atomic mass is 16.4. The number of nitrogens with one attached hydrogen (secondary N) is 2. The van der Waals surface area contributed by atoms with Gasteiger partial charge in [0.15, 0.2) is 0 Å². The van der Waals surface area contributed by atoms with Gasteiger partial charge < -0.3 is 32.1 Å². The van der Waals surface area contributed by atoms with Crippen molar-refractivity contribution in [2.45, 2.75) is 57.2 Å². The van der Waals surface area contributed by atoms with Crippen LogP contribution in [0.15, 0.2) is 0 Å². The fraction of sp³-hybridized carbons (Fsp3) is 0.750. The molecule has 1 aliphatic rings. The van der Waals surface area contributed by atoms with Crippen LogP contribution >= 0.6 is 0 Å². The van der Waals surface area contributed by atoms with Crippen molar-refractivity contribution in [1.82, 2.24) is 15.5 Å². The SMILES string of the molecule is CC(N)C(=O)NCC(=O)NC(CCCCN)C(=O)N1CCCC1C(=O)O. The summed E-state index contributed by atoms with van der Waals surface area (Å²) in [5.74, 6) is -2.47. The maximum Gasteiger partial charge on any atom is 0.326 e. The summed E-state index contributed by atoms with van der Waals surface area (Å²) in [7, 11) is 0. The Morgan fingerprint density at radius 1 is 1.27 bits per heavy atom. The molecule has 1 rings (SSSR count). The van der Waals surface area contributed by atoms with E-state index in [0.29, 0.717) is 45.2 Å². The molecule has 148 valence electrons. The highest BCUT2D eigenvalue weighted by molar-refractivity contribution is 5.92. The molecule has 10 nitrogen and oxygen atoms in total. The van der Waals surface area contributed by atoms with E-state index in [2.05, 4.69) is 10.6 Å². The number of carboxylic acids is 1. The van der Waals surface area contributed by atoms with E-state index in [1.54, 1.807) is 0 Å². The minimum atomic E-state index is -1.05. The summed E-state index contributed by atoms with van der Waals surface area (Å²) in [6.45, 7) is 2.00. The quantitative estimate of drug-likeness (QED) is 0.280. The maximum atomic E-state index is 12.7. The predicted octanol–water partition coefficient (Wildman–Crippen LogP) is -1.86. The Hall–Kier alpha value is -2.20. The molecule has 0 radical (unpaired) electrons. The van der Waals surface area contributed by atoms with Crippen LogP contribution in [0.2, 0.25) is 0 Å². The van der Waals surface area contributed by atoms with Gasteiger partial charge in [-0.3, -0.25) is 14.4 Å². The summed E-state index contributed by atoms with van der Waals surface area (Å²) in [6, 6.07) is -2.46. The summed E-state index contributed by atoms with van der Waals surface area (Å²) >= 11 is 0. The molecule has 1 aliphatic heterocycles. The number of aliphatic carboxylic acids is 1. The third-order valence-corrected chi connectivity index (χ3v) is 4.24. The number of hydrogen-bond donors (Lipinski definition) is 5. The second-order valence-electron chi connectivity index (χ2n) is 6.44. The van der Waals surface area contributed by atoms with Crippen molar-refractivity contribution in [3.63, 3.8) is 0 Å². The third-order valence-electron chi connectivity index (χ3n) is 4.24. The number of carboxylic acid groups (broad SMARTS) is 1. The van der Waals surface area contributed by atoms with E-state index in [1.165, 1.54) is 11.8 Å². The number of amides is 3. The molecular formula is C16H29N5O5. The molecule has 3 unspecified atom stereocenters. The Bertz CT molecular complexity index is 525. The van der Waals surface area contributed by atoms with Crippen LogP contribution < -0.4 is 22.1 Å². The molecule has 0 saturated carbocycles. The summed E-state index contributed by atoms with van der Waals surface area (Å²) in [4.78, 5) is 48.9. The Morgan fingerprint density at radius 2 is 1.96 bits per heavy atom. The standard InChI is InChI=1S/C16H29N5O5/c1-10(18)14(23)19-9-13(22)20-11(5-2-3-7-17)15(24)21-8-4-6-12(21)16(25)26/h10-12H,2-9,17-18H2,1H3,(H,19,23)(H,20,22)(H,25,26). The van der Waals surface area contributed by atoms with Crippen molar-refractivity contribution in [3.8, 4) is 0 Å². The number of carbonyl (C=O) groups excluding carboxylic acids is 3. The van der Waals surface area contributed by atoms with Gasteiger partial charge in [-0.05, 0) is 45.6 Å². The first-order valence-corrected chi connectivity index (χ1v) is 8.84. The maximum absolute atomic E-state index is 12.7. The lowest BCUT2D eigenvalue weighted by atomic mass is 10.1. The smallest absolute Gasteiger partial charge is 0.326 e. The third kappa shape index (κ3) is 6.60. The molecule has 1 fully saturated rings.